The van der Waals surface area contributed by atoms with Crippen LogP contribution in [0.4, 0.5) is 19.0 Å². The van der Waals surface area contributed by atoms with Gasteiger partial charge in [-0.05, 0) is 18.6 Å². The van der Waals surface area contributed by atoms with Crippen molar-refractivity contribution in [3.63, 3.8) is 0 Å². The van der Waals surface area contributed by atoms with Gasteiger partial charge in [-0.25, -0.2) is 4.98 Å². The third kappa shape index (κ3) is 3.01. The summed E-state index contributed by atoms with van der Waals surface area (Å²) in [5.41, 5.74) is -0.761. The van der Waals surface area contributed by atoms with Crippen LogP contribution in [0.2, 0.25) is 0 Å². The van der Waals surface area contributed by atoms with E-state index in [1.54, 1.807) is 0 Å². The fourth-order valence-electron chi connectivity index (χ4n) is 1.85. The standard InChI is InChI=1S/C12H13F3N2O/c13-12(14,15)9-2-4-11(16-6-9)17-10-3-1-8(5-10)7-18/h1-4,6,8,10,18H,5,7H2,(H,16,17)/t8-,10+/m0/s1. The first kappa shape index (κ1) is 12.9. The summed E-state index contributed by atoms with van der Waals surface area (Å²) in [7, 11) is 0. The zero-order valence-corrected chi connectivity index (χ0v) is 9.48. The predicted molar refractivity (Wildman–Crippen MR) is 61.0 cm³/mol. The summed E-state index contributed by atoms with van der Waals surface area (Å²) in [6, 6.07) is 2.31. The molecule has 98 valence electrons. The molecule has 0 bridgehead atoms. The van der Waals surface area contributed by atoms with Crippen molar-refractivity contribution >= 4 is 5.82 Å². The summed E-state index contributed by atoms with van der Waals surface area (Å²) in [5, 5.41) is 12.0. The van der Waals surface area contributed by atoms with Gasteiger partial charge in [0.1, 0.15) is 5.82 Å². The molecule has 3 nitrogen and oxygen atoms in total. The maximum atomic E-state index is 12.3. The molecule has 0 spiro atoms. The molecule has 2 rings (SSSR count). The number of pyridine rings is 1. The first-order chi connectivity index (χ1) is 8.49. The molecule has 2 N–H and O–H groups in total. The maximum Gasteiger partial charge on any atom is 0.417 e. The summed E-state index contributed by atoms with van der Waals surface area (Å²) in [6.07, 6.45) is 0.951. The van der Waals surface area contributed by atoms with Crippen molar-refractivity contribution in [2.75, 3.05) is 11.9 Å². The molecular weight excluding hydrogens is 245 g/mol. The molecule has 6 heteroatoms. The number of aromatic nitrogens is 1. The Morgan fingerprint density at radius 2 is 2.11 bits per heavy atom. The van der Waals surface area contributed by atoms with Gasteiger partial charge in [0.05, 0.1) is 5.56 Å². The average molecular weight is 258 g/mol. The molecule has 1 aliphatic rings. The van der Waals surface area contributed by atoms with Crippen LogP contribution in [-0.2, 0) is 6.18 Å². The van der Waals surface area contributed by atoms with E-state index in [1.807, 2.05) is 12.2 Å². The van der Waals surface area contributed by atoms with Gasteiger partial charge in [-0.1, -0.05) is 12.2 Å². The second-order valence-corrected chi connectivity index (χ2v) is 4.24. The van der Waals surface area contributed by atoms with E-state index in [-0.39, 0.29) is 18.6 Å². The fraction of sp³-hybridized carbons (Fsp3) is 0.417. The minimum Gasteiger partial charge on any atom is -0.396 e. The van der Waals surface area contributed by atoms with E-state index in [4.69, 9.17) is 5.11 Å². The molecule has 0 saturated carbocycles. The number of hydrogen-bond donors (Lipinski definition) is 2. The number of hydrogen-bond acceptors (Lipinski definition) is 3. The summed E-state index contributed by atoms with van der Waals surface area (Å²) < 4.78 is 37.0. The largest absolute Gasteiger partial charge is 0.417 e. The Bertz CT molecular complexity index is 428. The van der Waals surface area contributed by atoms with Crippen molar-refractivity contribution in [3.8, 4) is 0 Å². The van der Waals surface area contributed by atoms with Gasteiger partial charge in [-0.15, -0.1) is 0 Å². The normalized spacial score (nSPS) is 23.3. The van der Waals surface area contributed by atoms with Crippen LogP contribution in [-0.4, -0.2) is 22.7 Å². The highest BCUT2D eigenvalue weighted by atomic mass is 19.4. The Morgan fingerprint density at radius 3 is 2.61 bits per heavy atom. The van der Waals surface area contributed by atoms with E-state index in [9.17, 15) is 13.2 Å². The molecule has 0 radical (unpaired) electrons. The smallest absolute Gasteiger partial charge is 0.396 e. The van der Waals surface area contributed by atoms with Gasteiger partial charge in [0, 0.05) is 24.8 Å². The van der Waals surface area contributed by atoms with Gasteiger partial charge in [-0.2, -0.15) is 13.2 Å². The molecule has 18 heavy (non-hydrogen) atoms. The van der Waals surface area contributed by atoms with E-state index in [1.165, 1.54) is 6.07 Å². The number of nitrogens with one attached hydrogen (secondary N) is 1. The topological polar surface area (TPSA) is 45.1 Å². The van der Waals surface area contributed by atoms with E-state index >= 15 is 0 Å². The number of halogens is 3. The third-order valence-corrected chi connectivity index (χ3v) is 2.83. The van der Waals surface area contributed by atoms with Crippen molar-refractivity contribution < 1.29 is 18.3 Å². The molecule has 1 heterocycles. The Kier molecular flexibility index (Phi) is 3.56. The number of anilines is 1. The molecule has 0 unspecified atom stereocenters. The highest BCUT2D eigenvalue weighted by molar-refractivity contribution is 5.39. The molecule has 0 amide bonds. The fourth-order valence-corrected chi connectivity index (χ4v) is 1.85. The van der Waals surface area contributed by atoms with Gasteiger partial charge in [-0.3, -0.25) is 0 Å². The summed E-state index contributed by atoms with van der Waals surface area (Å²) in [6.45, 7) is 0.0785. The number of nitrogens with zero attached hydrogens (tertiary/aromatic N) is 1. The maximum absolute atomic E-state index is 12.3. The quantitative estimate of drug-likeness (QED) is 0.818. The van der Waals surface area contributed by atoms with Crippen LogP contribution in [0, 0.1) is 5.92 Å². The van der Waals surface area contributed by atoms with Crippen molar-refractivity contribution in [1.29, 1.82) is 0 Å². The first-order valence-corrected chi connectivity index (χ1v) is 5.58. The molecule has 1 aliphatic carbocycles. The van der Waals surface area contributed by atoms with E-state index in [2.05, 4.69) is 10.3 Å². The van der Waals surface area contributed by atoms with E-state index < -0.39 is 11.7 Å². The first-order valence-electron chi connectivity index (χ1n) is 5.58. The molecule has 0 fully saturated rings. The number of rotatable bonds is 3. The lowest BCUT2D eigenvalue weighted by molar-refractivity contribution is -0.137. The van der Waals surface area contributed by atoms with Crippen LogP contribution in [0.15, 0.2) is 30.5 Å². The summed E-state index contributed by atoms with van der Waals surface area (Å²) in [4.78, 5) is 3.73. The van der Waals surface area contributed by atoms with Crippen molar-refractivity contribution in [2.24, 2.45) is 5.92 Å². The lowest BCUT2D eigenvalue weighted by Gasteiger charge is -2.14. The molecule has 0 aromatic carbocycles. The van der Waals surface area contributed by atoms with Crippen molar-refractivity contribution in [2.45, 2.75) is 18.6 Å². The van der Waals surface area contributed by atoms with Gasteiger partial charge >= 0.3 is 6.18 Å². The Hall–Kier alpha value is -1.56. The SMILES string of the molecule is OC[C@H]1C=C[C@@H](Nc2ccc(C(F)(F)F)cn2)C1. The summed E-state index contributed by atoms with van der Waals surface area (Å²) >= 11 is 0. The van der Waals surface area contributed by atoms with Gasteiger partial charge in [0.25, 0.3) is 0 Å². The molecule has 0 aliphatic heterocycles. The van der Waals surface area contributed by atoms with Gasteiger partial charge in [0.15, 0.2) is 0 Å². The van der Waals surface area contributed by atoms with Crippen LogP contribution in [0.1, 0.15) is 12.0 Å². The second kappa shape index (κ2) is 4.97. The average Bonchev–Trinajstić information content (AvgIpc) is 2.76. The molecule has 1 aromatic rings. The number of aliphatic hydroxyl groups excluding tert-OH is 1. The van der Waals surface area contributed by atoms with Gasteiger partial charge < -0.3 is 10.4 Å². The summed E-state index contributed by atoms with van der Waals surface area (Å²) in [5.74, 6) is 0.508. The van der Waals surface area contributed by atoms with Crippen LogP contribution < -0.4 is 5.32 Å². The predicted octanol–water partition coefficient (Wildman–Crippen LogP) is 2.45. The lowest BCUT2D eigenvalue weighted by atomic mass is 10.1. The van der Waals surface area contributed by atoms with E-state index in [0.29, 0.717) is 5.82 Å². The minimum absolute atomic E-state index is 0.00591. The zero-order valence-electron chi connectivity index (χ0n) is 9.48. The highest BCUT2D eigenvalue weighted by Crippen LogP contribution is 2.29. The molecular formula is C12H13F3N2O. The zero-order chi connectivity index (χ0) is 13.2. The van der Waals surface area contributed by atoms with Crippen LogP contribution in [0.25, 0.3) is 0 Å². The number of aliphatic hydroxyl groups is 1. The Morgan fingerprint density at radius 1 is 1.33 bits per heavy atom. The van der Waals surface area contributed by atoms with Crippen molar-refractivity contribution in [1.82, 2.24) is 4.98 Å². The van der Waals surface area contributed by atoms with Crippen LogP contribution in [0.5, 0.6) is 0 Å². The minimum atomic E-state index is -4.36. The second-order valence-electron chi connectivity index (χ2n) is 4.24. The number of alkyl halides is 3. The van der Waals surface area contributed by atoms with Gasteiger partial charge in [0.2, 0.25) is 0 Å². The van der Waals surface area contributed by atoms with Crippen molar-refractivity contribution in [3.05, 3.63) is 36.0 Å². The molecule has 0 saturated heterocycles. The molecule has 1 aromatic heterocycles. The van der Waals surface area contributed by atoms with Crippen LogP contribution in [0.3, 0.4) is 0 Å². The Balaban J connectivity index is 1.97. The monoisotopic (exact) mass is 258 g/mol. The Labute approximate surface area is 102 Å². The third-order valence-electron chi connectivity index (χ3n) is 2.83. The highest BCUT2D eigenvalue weighted by Gasteiger charge is 2.30. The lowest BCUT2D eigenvalue weighted by Crippen LogP contribution is -2.17. The van der Waals surface area contributed by atoms with E-state index in [0.717, 1.165) is 18.7 Å². The van der Waals surface area contributed by atoms with Crippen LogP contribution >= 0.6 is 0 Å². The molecule has 2 atom stereocenters.